The van der Waals surface area contributed by atoms with Crippen LogP contribution in [0.1, 0.15) is 18.9 Å². The fraction of sp³-hybridized carbons (Fsp3) is 0.273. The van der Waals surface area contributed by atoms with E-state index in [2.05, 4.69) is 59.3 Å². The molecule has 0 N–H and O–H groups in total. The van der Waals surface area contributed by atoms with Gasteiger partial charge in [-0.3, -0.25) is 0 Å². The van der Waals surface area contributed by atoms with Crippen LogP contribution in [-0.2, 0) is 0 Å². The van der Waals surface area contributed by atoms with Crippen LogP contribution in [0.5, 0.6) is 0 Å². The third-order valence-electron chi connectivity index (χ3n) is 1.69. The van der Waals surface area contributed by atoms with Gasteiger partial charge in [0.05, 0.1) is 0 Å². The van der Waals surface area contributed by atoms with Crippen molar-refractivity contribution in [1.29, 1.82) is 0 Å². The van der Waals surface area contributed by atoms with Gasteiger partial charge in [-0.2, -0.15) is 0 Å². The molecule has 12 heavy (non-hydrogen) atoms. The smallest absolute Gasteiger partial charge is 0.0326 e. The van der Waals surface area contributed by atoms with Crippen LogP contribution in [-0.4, -0.2) is 4.83 Å². The van der Waals surface area contributed by atoms with E-state index >= 15 is 0 Å². The third-order valence-corrected chi connectivity index (χ3v) is 2.64. The summed E-state index contributed by atoms with van der Waals surface area (Å²) in [6, 6.07) is 10.3. The molecule has 0 aliphatic heterocycles. The zero-order valence-corrected chi connectivity index (χ0v) is 8.79. The summed E-state index contributed by atoms with van der Waals surface area (Å²) in [4.78, 5) is 0.498. The van der Waals surface area contributed by atoms with E-state index in [0.29, 0.717) is 4.83 Å². The van der Waals surface area contributed by atoms with Crippen LogP contribution in [0.4, 0.5) is 0 Å². The molecule has 0 amide bonds. The van der Waals surface area contributed by atoms with Gasteiger partial charge in [-0.1, -0.05) is 65.3 Å². The van der Waals surface area contributed by atoms with E-state index in [1.54, 1.807) is 0 Å². The molecule has 0 radical (unpaired) electrons. The van der Waals surface area contributed by atoms with Gasteiger partial charge >= 0.3 is 0 Å². The van der Waals surface area contributed by atoms with Crippen molar-refractivity contribution < 1.29 is 0 Å². The van der Waals surface area contributed by atoms with Crippen LogP contribution in [0.15, 0.2) is 36.4 Å². The Hall–Kier alpha value is -0.560. The highest BCUT2D eigenvalue weighted by atomic mass is 79.9. The van der Waals surface area contributed by atoms with Gasteiger partial charge < -0.3 is 0 Å². The van der Waals surface area contributed by atoms with Gasteiger partial charge in [-0.25, -0.2) is 0 Å². The second-order valence-electron chi connectivity index (χ2n) is 2.69. The van der Waals surface area contributed by atoms with Gasteiger partial charge in [-0.15, -0.1) is 0 Å². The van der Waals surface area contributed by atoms with Crippen LogP contribution in [0.3, 0.4) is 0 Å². The highest BCUT2D eigenvalue weighted by molar-refractivity contribution is 9.09. The van der Waals surface area contributed by atoms with Gasteiger partial charge in [-0.05, 0) is 12.0 Å². The molecule has 0 bridgehead atoms. The molecular formula is C11H13Br. The number of rotatable bonds is 3. The van der Waals surface area contributed by atoms with E-state index in [4.69, 9.17) is 0 Å². The van der Waals surface area contributed by atoms with Gasteiger partial charge in [0.2, 0.25) is 0 Å². The molecular weight excluding hydrogens is 212 g/mol. The topological polar surface area (TPSA) is 0 Å². The average molecular weight is 225 g/mol. The number of alkyl halides is 1. The fourth-order valence-corrected chi connectivity index (χ4v) is 1.07. The van der Waals surface area contributed by atoms with Crippen LogP contribution in [0, 0.1) is 0 Å². The average Bonchev–Trinajstić information content (AvgIpc) is 2.16. The maximum absolute atomic E-state index is 3.55. The molecule has 0 fully saturated rings. The molecule has 1 rings (SSSR count). The second-order valence-corrected chi connectivity index (χ2v) is 3.87. The standard InChI is InChI=1S/C11H13Br/c1-2-11(12)9-8-10-6-4-3-5-7-10/h3-9,11H,2H2,1H3. The van der Waals surface area contributed by atoms with Crippen LogP contribution in [0.2, 0.25) is 0 Å². The monoisotopic (exact) mass is 224 g/mol. The summed E-state index contributed by atoms with van der Waals surface area (Å²) >= 11 is 3.55. The third kappa shape index (κ3) is 3.22. The molecule has 1 atom stereocenters. The maximum Gasteiger partial charge on any atom is 0.0326 e. The molecule has 1 aromatic rings. The summed E-state index contributed by atoms with van der Waals surface area (Å²) in [6.07, 6.45) is 5.45. The number of hydrogen-bond donors (Lipinski definition) is 0. The van der Waals surface area contributed by atoms with Crippen molar-refractivity contribution in [2.75, 3.05) is 0 Å². The first-order valence-corrected chi connectivity index (χ1v) is 5.12. The Balaban J connectivity index is 2.58. The Kier molecular flexibility index (Phi) is 4.09. The van der Waals surface area contributed by atoms with Crippen molar-refractivity contribution in [3.05, 3.63) is 42.0 Å². The number of benzene rings is 1. The molecule has 1 heteroatoms. The quantitative estimate of drug-likeness (QED) is 0.685. The molecule has 0 nitrogen and oxygen atoms in total. The summed E-state index contributed by atoms with van der Waals surface area (Å²) < 4.78 is 0. The van der Waals surface area contributed by atoms with Crippen LogP contribution >= 0.6 is 15.9 Å². The van der Waals surface area contributed by atoms with Gasteiger partial charge in [0.1, 0.15) is 0 Å². The molecule has 1 unspecified atom stereocenters. The summed E-state index contributed by atoms with van der Waals surface area (Å²) in [7, 11) is 0. The Morgan fingerprint density at radius 1 is 1.33 bits per heavy atom. The van der Waals surface area contributed by atoms with Crippen molar-refractivity contribution in [2.45, 2.75) is 18.2 Å². The summed E-state index contributed by atoms with van der Waals surface area (Å²) in [6.45, 7) is 2.16. The van der Waals surface area contributed by atoms with E-state index in [0.717, 1.165) is 6.42 Å². The van der Waals surface area contributed by atoms with Crippen LogP contribution < -0.4 is 0 Å². The molecule has 1 aromatic carbocycles. The predicted molar refractivity (Wildman–Crippen MR) is 58.5 cm³/mol. The van der Waals surface area contributed by atoms with Crippen LogP contribution in [0.25, 0.3) is 6.08 Å². The lowest BCUT2D eigenvalue weighted by Gasteiger charge is -1.97. The van der Waals surface area contributed by atoms with E-state index in [1.807, 2.05) is 6.07 Å². The lowest BCUT2D eigenvalue weighted by atomic mass is 10.2. The molecule has 0 aliphatic rings. The second kappa shape index (κ2) is 5.15. The van der Waals surface area contributed by atoms with E-state index in [1.165, 1.54) is 5.56 Å². The zero-order chi connectivity index (χ0) is 8.81. The minimum atomic E-state index is 0.498. The number of halogens is 1. The predicted octanol–water partition coefficient (Wildman–Crippen LogP) is 3.87. The Labute approximate surface area is 82.4 Å². The number of hydrogen-bond acceptors (Lipinski definition) is 0. The van der Waals surface area contributed by atoms with Crippen molar-refractivity contribution in [3.8, 4) is 0 Å². The first-order chi connectivity index (χ1) is 5.83. The highest BCUT2D eigenvalue weighted by Gasteiger charge is 1.91. The Morgan fingerprint density at radius 2 is 2.00 bits per heavy atom. The molecule has 64 valence electrons. The highest BCUT2D eigenvalue weighted by Crippen LogP contribution is 2.09. The van der Waals surface area contributed by atoms with Crippen molar-refractivity contribution in [3.63, 3.8) is 0 Å². The summed E-state index contributed by atoms with van der Waals surface area (Å²) in [5.74, 6) is 0. The normalized spacial score (nSPS) is 13.5. The largest absolute Gasteiger partial charge is 0.0845 e. The first kappa shape index (κ1) is 9.53. The van der Waals surface area contributed by atoms with E-state index < -0.39 is 0 Å². The molecule has 0 spiro atoms. The van der Waals surface area contributed by atoms with Gasteiger partial charge in [0.15, 0.2) is 0 Å². The molecule has 0 saturated heterocycles. The van der Waals surface area contributed by atoms with E-state index in [-0.39, 0.29) is 0 Å². The fourth-order valence-electron chi connectivity index (χ4n) is 0.916. The van der Waals surface area contributed by atoms with Crippen molar-refractivity contribution >= 4 is 22.0 Å². The summed E-state index contributed by atoms with van der Waals surface area (Å²) in [5.41, 5.74) is 1.26. The SMILES string of the molecule is CCC(Br)C=Cc1ccccc1. The lowest BCUT2D eigenvalue weighted by molar-refractivity contribution is 0.995. The minimum Gasteiger partial charge on any atom is -0.0845 e. The van der Waals surface area contributed by atoms with Crippen molar-refractivity contribution in [1.82, 2.24) is 0 Å². The van der Waals surface area contributed by atoms with Gasteiger partial charge in [0, 0.05) is 4.83 Å². The lowest BCUT2D eigenvalue weighted by Crippen LogP contribution is -1.86. The van der Waals surface area contributed by atoms with E-state index in [9.17, 15) is 0 Å². The minimum absolute atomic E-state index is 0.498. The van der Waals surface area contributed by atoms with Gasteiger partial charge in [0.25, 0.3) is 0 Å². The Morgan fingerprint density at radius 3 is 2.58 bits per heavy atom. The maximum atomic E-state index is 3.55. The summed E-state index contributed by atoms with van der Waals surface area (Å²) in [5, 5.41) is 0. The zero-order valence-electron chi connectivity index (χ0n) is 7.20. The molecule has 0 heterocycles. The Bertz CT molecular complexity index is 238. The molecule has 0 aromatic heterocycles. The molecule has 0 aliphatic carbocycles. The molecule has 0 saturated carbocycles. The first-order valence-electron chi connectivity index (χ1n) is 4.20. The van der Waals surface area contributed by atoms with Crippen molar-refractivity contribution in [2.24, 2.45) is 0 Å². The number of allylic oxidation sites excluding steroid dienone is 1.